The van der Waals surface area contributed by atoms with Gasteiger partial charge in [0.05, 0.1) is 11.1 Å². The van der Waals surface area contributed by atoms with Crippen LogP contribution in [0.25, 0.3) is 0 Å². The lowest BCUT2D eigenvalue weighted by atomic mass is 9.98. The summed E-state index contributed by atoms with van der Waals surface area (Å²) in [6, 6.07) is 4.52. The first kappa shape index (κ1) is 13.2. The minimum absolute atomic E-state index is 0.350. The van der Waals surface area contributed by atoms with E-state index in [9.17, 15) is 9.18 Å². The van der Waals surface area contributed by atoms with Crippen LogP contribution in [0.15, 0.2) is 18.2 Å². The van der Waals surface area contributed by atoms with Gasteiger partial charge in [-0.1, -0.05) is 0 Å². The van der Waals surface area contributed by atoms with Crippen molar-refractivity contribution in [1.29, 1.82) is 0 Å². The van der Waals surface area contributed by atoms with Crippen LogP contribution in [0.3, 0.4) is 0 Å². The second kappa shape index (κ2) is 4.99. The van der Waals surface area contributed by atoms with Crippen LogP contribution in [-0.2, 0) is 9.63 Å². The third-order valence-electron chi connectivity index (χ3n) is 1.79. The molecule has 1 N–H and O–H groups in total. The van der Waals surface area contributed by atoms with Crippen molar-refractivity contribution in [1.82, 2.24) is 0 Å². The van der Waals surface area contributed by atoms with Crippen LogP contribution in [0.1, 0.15) is 20.8 Å². The summed E-state index contributed by atoms with van der Waals surface area (Å²) >= 11 is 1.89. The Hall–Kier alpha value is -0.850. The first-order valence-electron chi connectivity index (χ1n) is 4.73. The van der Waals surface area contributed by atoms with Gasteiger partial charge in [0.25, 0.3) is 0 Å². The van der Waals surface area contributed by atoms with Gasteiger partial charge in [-0.2, -0.15) is 0 Å². The predicted molar refractivity (Wildman–Crippen MR) is 68.3 cm³/mol. The van der Waals surface area contributed by atoms with E-state index in [0.29, 0.717) is 9.26 Å². The minimum atomic E-state index is -0.589. The molecule has 0 spiro atoms. The van der Waals surface area contributed by atoms with Gasteiger partial charge in [-0.3, -0.25) is 0 Å². The molecule has 0 saturated heterocycles. The summed E-state index contributed by atoms with van der Waals surface area (Å²) in [4.78, 5) is 16.2. The molecule has 0 amide bonds. The van der Waals surface area contributed by atoms with Crippen molar-refractivity contribution in [3.8, 4) is 0 Å². The third kappa shape index (κ3) is 3.62. The molecule has 88 valence electrons. The predicted octanol–water partition coefficient (Wildman–Crippen LogP) is 3.35. The zero-order chi connectivity index (χ0) is 12.3. The smallest absolute Gasteiger partial charge is 0.337 e. The van der Waals surface area contributed by atoms with Crippen molar-refractivity contribution in [2.24, 2.45) is 5.41 Å². The molecule has 0 aromatic heterocycles. The first-order chi connectivity index (χ1) is 7.30. The van der Waals surface area contributed by atoms with E-state index in [1.165, 1.54) is 6.07 Å². The Morgan fingerprint density at radius 3 is 2.56 bits per heavy atom. The maximum atomic E-state index is 13.1. The molecule has 0 fully saturated rings. The van der Waals surface area contributed by atoms with Gasteiger partial charge in [0, 0.05) is 9.64 Å². The Morgan fingerprint density at radius 2 is 2.06 bits per heavy atom. The molecule has 0 heterocycles. The Bertz CT molecular complexity index is 401. The molecule has 1 aromatic rings. The monoisotopic (exact) mass is 337 g/mol. The summed E-state index contributed by atoms with van der Waals surface area (Å²) < 4.78 is 13.7. The molecule has 5 heteroatoms. The van der Waals surface area contributed by atoms with Crippen LogP contribution < -0.4 is 5.48 Å². The third-order valence-corrected chi connectivity index (χ3v) is 2.67. The molecule has 16 heavy (non-hydrogen) atoms. The Balaban J connectivity index is 2.62. The number of benzene rings is 1. The van der Waals surface area contributed by atoms with E-state index in [1.54, 1.807) is 32.9 Å². The number of carbonyl (C=O) groups is 1. The van der Waals surface area contributed by atoms with Crippen LogP contribution >= 0.6 is 22.6 Å². The van der Waals surface area contributed by atoms with Crippen molar-refractivity contribution in [3.05, 3.63) is 27.6 Å². The van der Waals surface area contributed by atoms with Crippen molar-refractivity contribution < 1.29 is 14.0 Å². The Labute approximate surface area is 107 Å². The molecule has 0 radical (unpaired) electrons. The zero-order valence-electron chi connectivity index (χ0n) is 9.30. The number of nitrogens with one attached hydrogen (secondary N) is 1. The van der Waals surface area contributed by atoms with Gasteiger partial charge < -0.3 is 4.84 Å². The second-order valence-electron chi connectivity index (χ2n) is 4.37. The van der Waals surface area contributed by atoms with Gasteiger partial charge in [0.15, 0.2) is 0 Å². The summed E-state index contributed by atoms with van der Waals surface area (Å²) in [5.41, 5.74) is 2.25. The first-order valence-corrected chi connectivity index (χ1v) is 5.81. The highest BCUT2D eigenvalue weighted by Crippen LogP contribution is 2.18. The quantitative estimate of drug-likeness (QED) is 0.664. The Morgan fingerprint density at radius 1 is 1.44 bits per heavy atom. The molecule has 0 unspecified atom stereocenters. The lowest BCUT2D eigenvalue weighted by Gasteiger charge is -2.16. The standard InChI is InChI=1S/C11H13FINO2/c1-11(2,3)10(15)16-14-7-4-5-9(13)8(12)6-7/h4-6,14H,1-3H3. The van der Waals surface area contributed by atoms with Gasteiger partial charge in [-0.25, -0.2) is 14.7 Å². The van der Waals surface area contributed by atoms with E-state index in [2.05, 4.69) is 5.48 Å². The van der Waals surface area contributed by atoms with E-state index >= 15 is 0 Å². The van der Waals surface area contributed by atoms with Crippen molar-refractivity contribution >= 4 is 34.2 Å². The highest BCUT2D eigenvalue weighted by Gasteiger charge is 2.23. The normalized spacial score (nSPS) is 11.1. The van der Waals surface area contributed by atoms with Gasteiger partial charge in [0.2, 0.25) is 0 Å². The van der Waals surface area contributed by atoms with Gasteiger partial charge in [0.1, 0.15) is 5.82 Å². The molecular weight excluding hydrogens is 324 g/mol. The number of rotatable bonds is 2. The molecule has 3 nitrogen and oxygen atoms in total. The summed E-state index contributed by atoms with van der Waals surface area (Å²) in [6.07, 6.45) is 0. The largest absolute Gasteiger partial charge is 0.343 e. The maximum absolute atomic E-state index is 13.1. The topological polar surface area (TPSA) is 38.3 Å². The second-order valence-corrected chi connectivity index (χ2v) is 5.53. The highest BCUT2D eigenvalue weighted by molar-refractivity contribution is 14.1. The summed E-state index contributed by atoms with van der Waals surface area (Å²) in [6.45, 7) is 5.22. The number of carbonyl (C=O) groups excluding carboxylic acids is 1. The fourth-order valence-electron chi connectivity index (χ4n) is 0.818. The molecule has 0 aliphatic carbocycles. The fraction of sp³-hybridized carbons (Fsp3) is 0.364. The number of hydrogen-bond donors (Lipinski definition) is 1. The summed E-state index contributed by atoms with van der Waals surface area (Å²) in [5.74, 6) is -0.746. The lowest BCUT2D eigenvalue weighted by molar-refractivity contribution is -0.149. The van der Waals surface area contributed by atoms with Crippen LogP contribution in [0.5, 0.6) is 0 Å². The van der Waals surface area contributed by atoms with Crippen LogP contribution in [0, 0.1) is 14.8 Å². The Kier molecular flexibility index (Phi) is 4.12. The molecule has 0 aliphatic heterocycles. The van der Waals surface area contributed by atoms with Crippen LogP contribution in [-0.4, -0.2) is 5.97 Å². The van der Waals surface area contributed by atoms with E-state index in [1.807, 2.05) is 22.6 Å². The molecule has 0 aliphatic rings. The molecule has 0 bridgehead atoms. The molecular formula is C11H13FINO2. The number of hydrogen-bond acceptors (Lipinski definition) is 3. The molecule has 0 atom stereocenters. The summed E-state index contributed by atoms with van der Waals surface area (Å²) in [7, 11) is 0. The number of anilines is 1. The van der Waals surface area contributed by atoms with E-state index < -0.39 is 11.4 Å². The fourth-order valence-corrected chi connectivity index (χ4v) is 1.15. The molecule has 0 saturated carbocycles. The van der Waals surface area contributed by atoms with Crippen molar-refractivity contribution in [2.45, 2.75) is 20.8 Å². The summed E-state index contributed by atoms with van der Waals surface area (Å²) in [5, 5.41) is 0. The SMILES string of the molecule is CC(C)(C)C(=O)ONc1ccc(I)c(F)c1. The highest BCUT2D eigenvalue weighted by atomic mass is 127. The zero-order valence-corrected chi connectivity index (χ0v) is 11.5. The van der Waals surface area contributed by atoms with Crippen LogP contribution in [0.2, 0.25) is 0 Å². The number of halogens is 2. The molecule has 1 rings (SSSR count). The van der Waals surface area contributed by atoms with Crippen LogP contribution in [0.4, 0.5) is 10.1 Å². The van der Waals surface area contributed by atoms with E-state index in [4.69, 9.17) is 4.84 Å². The lowest BCUT2D eigenvalue weighted by Crippen LogP contribution is -2.25. The average Bonchev–Trinajstić information content (AvgIpc) is 2.18. The van der Waals surface area contributed by atoms with Crippen molar-refractivity contribution in [2.75, 3.05) is 5.48 Å². The molecule has 1 aromatic carbocycles. The van der Waals surface area contributed by atoms with Crippen molar-refractivity contribution in [3.63, 3.8) is 0 Å². The van der Waals surface area contributed by atoms with Gasteiger partial charge in [-0.05, 0) is 55.5 Å². The van der Waals surface area contributed by atoms with E-state index in [0.717, 1.165) is 0 Å². The van der Waals surface area contributed by atoms with Gasteiger partial charge in [-0.15, -0.1) is 0 Å². The minimum Gasteiger partial charge on any atom is -0.343 e. The average molecular weight is 337 g/mol. The maximum Gasteiger partial charge on any atom is 0.337 e. The van der Waals surface area contributed by atoms with E-state index in [-0.39, 0.29) is 5.82 Å². The van der Waals surface area contributed by atoms with Gasteiger partial charge >= 0.3 is 5.97 Å².